The smallest absolute Gasteiger partial charge is 0.363 e. The fraction of sp³-hybridized carbons (Fsp3) is 0.303. The number of amides is 2. The molecule has 1 N–H and O–H groups in total. The van der Waals surface area contributed by atoms with Crippen LogP contribution in [0, 0.1) is 6.92 Å². The molecule has 0 aliphatic carbocycles. The number of aryl methyl sites for hydroxylation is 1. The predicted octanol–water partition coefficient (Wildman–Crippen LogP) is 5.60. The first-order valence-electron chi connectivity index (χ1n) is 14.2. The Kier molecular flexibility index (Phi) is 7.53. The van der Waals surface area contributed by atoms with Gasteiger partial charge in [0.1, 0.15) is 5.75 Å². The van der Waals surface area contributed by atoms with Gasteiger partial charge in [0.2, 0.25) is 0 Å². The van der Waals surface area contributed by atoms with Crippen LogP contribution in [0.25, 0.3) is 10.9 Å². The maximum atomic E-state index is 13.0. The first kappa shape index (κ1) is 27.7. The van der Waals surface area contributed by atoms with Crippen molar-refractivity contribution in [3.8, 4) is 5.75 Å². The number of imide groups is 1. The lowest BCUT2D eigenvalue weighted by atomic mass is 9.91. The molecule has 1 fully saturated rings. The largest absolute Gasteiger partial charge is 0.496 e. The molecule has 0 radical (unpaired) electrons. The molecule has 1 saturated heterocycles. The van der Waals surface area contributed by atoms with E-state index in [0.29, 0.717) is 18.2 Å². The van der Waals surface area contributed by atoms with E-state index in [1.807, 2.05) is 25.3 Å². The molecule has 2 aliphatic rings. The van der Waals surface area contributed by atoms with Gasteiger partial charge < -0.3 is 19.3 Å². The standard InChI is InChI=1S/C33H33N3O6/c1-4-41-23-14-16-35(19-27-24-13-15-34-30(24)20(2)17-29(27)40-3)28(18-23)21-9-11-22(12-10-21)33(39)42-36-31(37)25-7-5-6-8-26(25)32(36)38/h5-13,15,17,23,28,34H,4,14,16,18-19H2,1-3H3/t23-,28?/m0/s1. The number of hydrogen-bond acceptors (Lipinski definition) is 7. The Bertz CT molecular complexity index is 1630. The molecule has 3 aromatic carbocycles. The first-order valence-corrected chi connectivity index (χ1v) is 14.2. The summed E-state index contributed by atoms with van der Waals surface area (Å²) in [7, 11) is 1.70. The van der Waals surface area contributed by atoms with Gasteiger partial charge in [-0.2, -0.15) is 0 Å². The van der Waals surface area contributed by atoms with E-state index < -0.39 is 17.8 Å². The molecule has 2 amide bonds. The summed E-state index contributed by atoms with van der Waals surface area (Å²) in [5, 5.41) is 1.68. The number of carbonyl (C=O) groups is 3. The number of hydroxylamine groups is 2. The lowest BCUT2D eigenvalue weighted by Gasteiger charge is -2.40. The normalized spacial score (nSPS) is 18.9. The molecule has 0 bridgehead atoms. The third-order valence-corrected chi connectivity index (χ3v) is 8.22. The number of nitrogens with zero attached hydrogens (tertiary/aromatic N) is 2. The van der Waals surface area contributed by atoms with Crippen molar-refractivity contribution in [1.29, 1.82) is 0 Å². The zero-order valence-electron chi connectivity index (χ0n) is 23.9. The quantitative estimate of drug-likeness (QED) is 0.277. The first-order chi connectivity index (χ1) is 20.4. The molecule has 6 rings (SSSR count). The van der Waals surface area contributed by atoms with Crippen LogP contribution in [0.2, 0.25) is 0 Å². The summed E-state index contributed by atoms with van der Waals surface area (Å²) in [5.74, 6) is -1.22. The zero-order valence-corrected chi connectivity index (χ0v) is 23.9. The summed E-state index contributed by atoms with van der Waals surface area (Å²) in [6, 6.07) is 17.8. The Morgan fingerprint density at radius 2 is 1.74 bits per heavy atom. The number of aromatic amines is 1. The van der Waals surface area contributed by atoms with E-state index in [2.05, 4.69) is 28.9 Å². The monoisotopic (exact) mass is 567 g/mol. The van der Waals surface area contributed by atoms with Gasteiger partial charge in [0.15, 0.2) is 0 Å². The van der Waals surface area contributed by atoms with Crippen molar-refractivity contribution in [2.45, 2.75) is 45.4 Å². The van der Waals surface area contributed by atoms with Crippen molar-refractivity contribution in [2.75, 3.05) is 20.3 Å². The Morgan fingerprint density at radius 1 is 1.02 bits per heavy atom. The van der Waals surface area contributed by atoms with E-state index >= 15 is 0 Å². The van der Waals surface area contributed by atoms with Crippen LogP contribution in [0.3, 0.4) is 0 Å². The minimum Gasteiger partial charge on any atom is -0.496 e. The number of hydrogen-bond donors (Lipinski definition) is 1. The lowest BCUT2D eigenvalue weighted by molar-refractivity contribution is -0.0584. The van der Waals surface area contributed by atoms with Gasteiger partial charge in [-0.05, 0) is 74.2 Å². The van der Waals surface area contributed by atoms with E-state index in [4.69, 9.17) is 14.3 Å². The van der Waals surface area contributed by atoms with Gasteiger partial charge >= 0.3 is 5.97 Å². The van der Waals surface area contributed by atoms with Gasteiger partial charge in [-0.3, -0.25) is 14.5 Å². The molecule has 9 nitrogen and oxygen atoms in total. The Hall–Kier alpha value is -4.47. The highest BCUT2D eigenvalue weighted by Gasteiger charge is 2.39. The summed E-state index contributed by atoms with van der Waals surface area (Å²) in [4.78, 5) is 49.3. The maximum Gasteiger partial charge on any atom is 0.363 e. The number of H-pyrrole nitrogens is 1. The number of nitrogens with one attached hydrogen (secondary N) is 1. The summed E-state index contributed by atoms with van der Waals surface area (Å²) in [6.07, 6.45) is 3.80. The number of benzene rings is 3. The molecule has 2 atom stereocenters. The molecular formula is C33H33N3O6. The van der Waals surface area contributed by atoms with Crippen LogP contribution in [0.15, 0.2) is 66.9 Å². The number of fused-ring (bicyclic) bond motifs is 2. The third-order valence-electron chi connectivity index (χ3n) is 8.22. The second-order valence-electron chi connectivity index (χ2n) is 10.7. The lowest BCUT2D eigenvalue weighted by Crippen LogP contribution is -2.39. The van der Waals surface area contributed by atoms with Crippen LogP contribution in [-0.4, -0.2) is 59.1 Å². The van der Waals surface area contributed by atoms with Gasteiger partial charge in [0.05, 0.1) is 29.9 Å². The van der Waals surface area contributed by atoms with Crippen LogP contribution >= 0.6 is 0 Å². The topological polar surface area (TPSA) is 101 Å². The Morgan fingerprint density at radius 3 is 2.40 bits per heavy atom. The molecule has 2 aliphatic heterocycles. The third kappa shape index (κ3) is 4.95. The van der Waals surface area contributed by atoms with Crippen molar-refractivity contribution in [2.24, 2.45) is 0 Å². The van der Waals surface area contributed by atoms with E-state index in [9.17, 15) is 14.4 Å². The number of methoxy groups -OCH3 is 1. The van der Waals surface area contributed by atoms with E-state index in [1.54, 1.807) is 31.4 Å². The molecule has 1 aromatic heterocycles. The predicted molar refractivity (Wildman–Crippen MR) is 156 cm³/mol. The molecule has 0 saturated carbocycles. The fourth-order valence-corrected chi connectivity index (χ4v) is 6.12. The second-order valence-corrected chi connectivity index (χ2v) is 10.7. The summed E-state index contributed by atoms with van der Waals surface area (Å²) in [5.41, 5.74) is 5.07. The minimum absolute atomic E-state index is 0.0385. The Balaban J connectivity index is 1.24. The number of ether oxygens (including phenoxy) is 2. The molecule has 1 unspecified atom stereocenters. The molecule has 0 spiro atoms. The molecule has 216 valence electrons. The van der Waals surface area contributed by atoms with Crippen molar-refractivity contribution in [3.05, 3.63) is 100 Å². The van der Waals surface area contributed by atoms with Gasteiger partial charge in [-0.1, -0.05) is 29.3 Å². The SMILES string of the molecule is CCO[C@H]1CCN(Cc2c(OC)cc(C)c3[nH]ccc23)C(c2ccc(C(=O)ON3C(=O)c4ccccc4C3=O)cc2)C1. The average molecular weight is 568 g/mol. The van der Waals surface area contributed by atoms with Crippen LogP contribution in [0.4, 0.5) is 0 Å². The summed E-state index contributed by atoms with van der Waals surface area (Å²) in [6.45, 7) is 6.25. The van der Waals surface area contributed by atoms with Crippen LogP contribution in [0.5, 0.6) is 5.75 Å². The average Bonchev–Trinajstić information content (AvgIpc) is 3.60. The van der Waals surface area contributed by atoms with Gasteiger partial charge in [0, 0.05) is 48.4 Å². The maximum absolute atomic E-state index is 13.0. The van der Waals surface area contributed by atoms with Gasteiger partial charge in [0.25, 0.3) is 11.8 Å². The highest BCUT2D eigenvalue weighted by Crippen LogP contribution is 2.38. The number of carbonyl (C=O) groups excluding carboxylic acids is 3. The van der Waals surface area contributed by atoms with Crippen LogP contribution < -0.4 is 4.74 Å². The second kappa shape index (κ2) is 11.4. The molecule has 9 heteroatoms. The van der Waals surface area contributed by atoms with E-state index in [-0.39, 0.29) is 28.8 Å². The molecule has 42 heavy (non-hydrogen) atoms. The highest BCUT2D eigenvalue weighted by atomic mass is 16.7. The minimum atomic E-state index is -0.775. The van der Waals surface area contributed by atoms with Crippen molar-refractivity contribution in [3.63, 3.8) is 0 Å². The van der Waals surface area contributed by atoms with Crippen molar-refractivity contribution >= 4 is 28.7 Å². The highest BCUT2D eigenvalue weighted by molar-refractivity contribution is 6.21. The van der Waals surface area contributed by atoms with Crippen molar-refractivity contribution in [1.82, 2.24) is 14.9 Å². The number of likely N-dealkylation sites (tertiary alicyclic amines) is 1. The summed E-state index contributed by atoms with van der Waals surface area (Å²) < 4.78 is 11.8. The molecule has 4 aromatic rings. The summed E-state index contributed by atoms with van der Waals surface area (Å²) >= 11 is 0. The van der Waals surface area contributed by atoms with E-state index in [1.165, 1.54) is 12.1 Å². The Labute approximate surface area is 243 Å². The van der Waals surface area contributed by atoms with Crippen LogP contribution in [-0.2, 0) is 16.1 Å². The van der Waals surface area contributed by atoms with Crippen LogP contribution in [0.1, 0.15) is 73.6 Å². The number of rotatable bonds is 8. The molecular weight excluding hydrogens is 534 g/mol. The molecule has 3 heterocycles. The van der Waals surface area contributed by atoms with Gasteiger partial charge in [-0.15, -0.1) is 0 Å². The van der Waals surface area contributed by atoms with E-state index in [0.717, 1.165) is 52.7 Å². The number of piperidine rings is 1. The van der Waals surface area contributed by atoms with Crippen molar-refractivity contribution < 1.29 is 28.7 Å². The fourth-order valence-electron chi connectivity index (χ4n) is 6.12. The number of aromatic nitrogens is 1. The zero-order chi connectivity index (χ0) is 29.4. The van der Waals surface area contributed by atoms with Gasteiger partial charge in [-0.25, -0.2) is 4.79 Å².